The van der Waals surface area contributed by atoms with Crippen molar-refractivity contribution in [2.24, 2.45) is 5.92 Å². The van der Waals surface area contributed by atoms with E-state index in [-0.39, 0.29) is 0 Å². The molecule has 16 heavy (non-hydrogen) atoms. The number of hydrogen-bond acceptors (Lipinski definition) is 3. The summed E-state index contributed by atoms with van der Waals surface area (Å²) < 4.78 is 94.1. The summed E-state index contributed by atoms with van der Waals surface area (Å²) in [6, 6.07) is 0. The molecule has 0 aromatic rings. The van der Waals surface area contributed by atoms with Gasteiger partial charge in [-0.1, -0.05) is 0 Å². The molecule has 0 rings (SSSR count). The van der Waals surface area contributed by atoms with E-state index in [1.54, 1.807) is 0 Å². The quantitative estimate of drug-likeness (QED) is 0.602. The van der Waals surface area contributed by atoms with Gasteiger partial charge in [0.25, 0.3) is 0 Å². The highest BCUT2D eigenvalue weighted by atomic mass is 32.2. The fraction of sp³-hybridized carbons (Fsp3) is 1.00. The summed E-state index contributed by atoms with van der Waals surface area (Å²) in [5, 5.41) is 0. The highest BCUT2D eigenvalue weighted by Gasteiger charge is 2.45. The van der Waals surface area contributed by atoms with E-state index in [0.717, 1.165) is 0 Å². The van der Waals surface area contributed by atoms with Gasteiger partial charge in [0.15, 0.2) is 33.2 Å². The molecule has 6 unspecified atom stereocenters. The van der Waals surface area contributed by atoms with Crippen LogP contribution in [0.5, 0.6) is 0 Å². The van der Waals surface area contributed by atoms with Gasteiger partial charge < -0.3 is 13.7 Å². The van der Waals surface area contributed by atoms with Gasteiger partial charge in [-0.3, -0.25) is 0 Å². The first kappa shape index (κ1) is 16.1. The molecule has 0 aromatic carbocycles. The molecule has 12 heteroatoms. The summed E-state index contributed by atoms with van der Waals surface area (Å²) in [6.07, 6.45) is 0. The summed E-state index contributed by atoms with van der Waals surface area (Å²) in [6.45, 7) is 0. The molecule has 0 aromatic heterocycles. The molecular formula is C4H7F3O6S3. The normalized spacial score (nSPS) is 25.1. The maximum Gasteiger partial charge on any atom is 0.210 e. The highest BCUT2D eigenvalue weighted by molar-refractivity contribution is 7.81. The predicted molar refractivity (Wildman–Crippen MR) is 50.5 cm³/mol. The van der Waals surface area contributed by atoms with Crippen molar-refractivity contribution in [2.45, 2.75) is 16.5 Å². The molecule has 0 saturated carbocycles. The van der Waals surface area contributed by atoms with E-state index in [2.05, 4.69) is 0 Å². The summed E-state index contributed by atoms with van der Waals surface area (Å²) >= 11 is -10.1. The first-order chi connectivity index (χ1) is 7.20. The van der Waals surface area contributed by atoms with Gasteiger partial charge in [-0.2, -0.15) is 0 Å². The van der Waals surface area contributed by atoms with Gasteiger partial charge in [0.2, 0.25) is 16.5 Å². The van der Waals surface area contributed by atoms with Crippen LogP contribution in [0.2, 0.25) is 0 Å². The Labute approximate surface area is 95.5 Å². The second-order valence-corrected chi connectivity index (χ2v) is 5.47. The Balaban J connectivity index is 5.12. The van der Waals surface area contributed by atoms with Crippen LogP contribution in [0.3, 0.4) is 0 Å². The van der Waals surface area contributed by atoms with Gasteiger partial charge in [0.05, 0.1) is 5.92 Å². The number of hydrogen-bond donors (Lipinski definition) is 3. The fourth-order valence-electron chi connectivity index (χ4n) is 0.760. The molecule has 0 aliphatic rings. The molecule has 0 saturated heterocycles. The third kappa shape index (κ3) is 4.18. The zero-order chi connectivity index (χ0) is 13.0. The molecule has 6 nitrogen and oxygen atoms in total. The summed E-state index contributed by atoms with van der Waals surface area (Å²) in [5.41, 5.74) is -9.30. The van der Waals surface area contributed by atoms with Gasteiger partial charge >= 0.3 is 0 Å². The molecule has 0 radical (unpaired) electrons. The summed E-state index contributed by atoms with van der Waals surface area (Å²) in [5.74, 6) is -2.79. The largest absolute Gasteiger partial charge is 0.304 e. The molecule has 98 valence electrons. The van der Waals surface area contributed by atoms with Crippen LogP contribution in [0.1, 0.15) is 0 Å². The minimum Gasteiger partial charge on any atom is -0.304 e. The predicted octanol–water partition coefficient (Wildman–Crippen LogP) is 0.155. The second kappa shape index (κ2) is 6.76. The molecule has 0 bridgehead atoms. The molecule has 6 atom stereocenters. The SMILES string of the molecule is O=S(O)C(F)C(C(F)S(=O)O)C(F)S(=O)O. The summed E-state index contributed by atoms with van der Waals surface area (Å²) in [7, 11) is 0. The lowest BCUT2D eigenvalue weighted by atomic mass is 10.2. The van der Waals surface area contributed by atoms with Crippen LogP contribution >= 0.6 is 0 Å². The van der Waals surface area contributed by atoms with Crippen LogP contribution in [-0.4, -0.2) is 42.8 Å². The molecule has 3 N–H and O–H groups in total. The van der Waals surface area contributed by atoms with Crippen LogP contribution in [-0.2, 0) is 33.2 Å². The molecular weight excluding hydrogens is 297 g/mol. The lowest BCUT2D eigenvalue weighted by molar-refractivity contribution is 0.158. The third-order valence-electron chi connectivity index (χ3n) is 1.49. The molecule has 0 spiro atoms. The molecule has 0 aliphatic carbocycles. The Morgan fingerprint density at radius 2 is 0.875 bits per heavy atom. The van der Waals surface area contributed by atoms with Crippen molar-refractivity contribution in [2.75, 3.05) is 0 Å². The minimum atomic E-state index is -3.35. The van der Waals surface area contributed by atoms with Crippen molar-refractivity contribution in [3.05, 3.63) is 0 Å². The second-order valence-electron chi connectivity index (χ2n) is 2.46. The first-order valence-corrected chi connectivity index (χ1v) is 6.92. The maximum absolute atomic E-state index is 12.9. The van der Waals surface area contributed by atoms with E-state index in [9.17, 15) is 25.8 Å². The van der Waals surface area contributed by atoms with Crippen molar-refractivity contribution < 1.29 is 39.5 Å². The van der Waals surface area contributed by atoms with Gasteiger partial charge in [-0.05, 0) is 0 Å². The Bertz CT molecular complexity index is 266. The zero-order valence-corrected chi connectivity index (χ0v) is 9.68. The van der Waals surface area contributed by atoms with Crippen molar-refractivity contribution in [3.8, 4) is 0 Å². The number of alkyl halides is 3. The van der Waals surface area contributed by atoms with E-state index in [4.69, 9.17) is 13.7 Å². The van der Waals surface area contributed by atoms with Gasteiger partial charge in [-0.25, -0.2) is 25.8 Å². The third-order valence-corrected chi connectivity index (χ3v) is 3.58. The Hall–Kier alpha value is 0.120. The van der Waals surface area contributed by atoms with E-state index >= 15 is 0 Å². The van der Waals surface area contributed by atoms with Crippen molar-refractivity contribution in [1.82, 2.24) is 0 Å². The fourth-order valence-corrected chi connectivity index (χ4v) is 2.69. The zero-order valence-electron chi connectivity index (χ0n) is 7.23. The Kier molecular flexibility index (Phi) is 6.81. The summed E-state index contributed by atoms with van der Waals surface area (Å²) in [4.78, 5) is 0. The van der Waals surface area contributed by atoms with E-state index in [0.29, 0.717) is 0 Å². The topological polar surface area (TPSA) is 112 Å². The maximum atomic E-state index is 12.9. The van der Waals surface area contributed by atoms with Crippen LogP contribution in [0.15, 0.2) is 0 Å². The van der Waals surface area contributed by atoms with E-state index < -0.39 is 55.7 Å². The van der Waals surface area contributed by atoms with E-state index in [1.165, 1.54) is 0 Å². The average Bonchev–Trinajstić information content (AvgIpc) is 2.16. The standard InChI is InChI=1S/C4H7F3O6S3/c5-2(14(8)9)1(3(6)15(10)11)4(7)16(12)13/h1-4H,(H,8,9)(H,10,11)(H,12,13). The lowest BCUT2D eigenvalue weighted by Crippen LogP contribution is -2.40. The van der Waals surface area contributed by atoms with Crippen molar-refractivity contribution >= 4 is 33.2 Å². The first-order valence-electron chi connectivity index (χ1n) is 3.41. The van der Waals surface area contributed by atoms with Gasteiger partial charge in [0, 0.05) is 0 Å². The average molecular weight is 304 g/mol. The molecule has 0 amide bonds. The monoisotopic (exact) mass is 304 g/mol. The van der Waals surface area contributed by atoms with Crippen LogP contribution in [0.4, 0.5) is 13.2 Å². The van der Waals surface area contributed by atoms with Crippen molar-refractivity contribution in [3.63, 3.8) is 0 Å². The van der Waals surface area contributed by atoms with Crippen LogP contribution in [0, 0.1) is 5.92 Å². The Morgan fingerprint density at radius 3 is 1.00 bits per heavy atom. The van der Waals surface area contributed by atoms with Gasteiger partial charge in [0.1, 0.15) is 0 Å². The Morgan fingerprint density at radius 1 is 0.688 bits per heavy atom. The lowest BCUT2D eigenvalue weighted by Gasteiger charge is -2.21. The van der Waals surface area contributed by atoms with Gasteiger partial charge in [-0.15, -0.1) is 0 Å². The minimum absolute atomic E-state index is 2.79. The number of rotatable bonds is 6. The number of halogens is 3. The smallest absolute Gasteiger partial charge is 0.210 e. The van der Waals surface area contributed by atoms with Crippen LogP contribution < -0.4 is 0 Å². The van der Waals surface area contributed by atoms with Crippen molar-refractivity contribution in [1.29, 1.82) is 0 Å². The highest BCUT2D eigenvalue weighted by Crippen LogP contribution is 2.27. The molecule has 0 aliphatic heterocycles. The molecule has 0 heterocycles. The van der Waals surface area contributed by atoms with Crippen LogP contribution in [0.25, 0.3) is 0 Å². The van der Waals surface area contributed by atoms with E-state index in [1.807, 2.05) is 0 Å². The molecule has 0 fully saturated rings.